The molecule has 0 fully saturated rings. The van der Waals surface area contributed by atoms with Gasteiger partial charge in [0.25, 0.3) is 0 Å². The van der Waals surface area contributed by atoms with Gasteiger partial charge in [-0.3, -0.25) is 4.98 Å². The van der Waals surface area contributed by atoms with E-state index >= 15 is 0 Å². The van der Waals surface area contributed by atoms with Crippen molar-refractivity contribution in [3.63, 3.8) is 0 Å². The van der Waals surface area contributed by atoms with Crippen LogP contribution in [0.1, 0.15) is 15.9 Å². The zero-order chi connectivity index (χ0) is 11.4. The molecule has 0 amide bonds. The Balaban J connectivity index is 2.05. The molecule has 0 aliphatic carbocycles. The number of thiophene rings is 1. The quantitative estimate of drug-likeness (QED) is 0.848. The molecule has 2 aromatic heterocycles. The Hall–Kier alpha value is -1.33. The van der Waals surface area contributed by atoms with Crippen LogP contribution >= 0.6 is 23.1 Å². The summed E-state index contributed by atoms with van der Waals surface area (Å²) in [6.07, 6.45) is 3.48. The van der Waals surface area contributed by atoms with E-state index in [9.17, 15) is 4.79 Å². The van der Waals surface area contributed by atoms with Crippen molar-refractivity contribution in [1.82, 2.24) is 4.98 Å². The van der Waals surface area contributed by atoms with Crippen LogP contribution in [0.4, 0.5) is 0 Å². The van der Waals surface area contributed by atoms with Crippen LogP contribution in [-0.2, 0) is 5.75 Å². The van der Waals surface area contributed by atoms with Gasteiger partial charge in [0.1, 0.15) is 0 Å². The molecular weight excluding hydrogens is 242 g/mol. The maximum absolute atomic E-state index is 10.9. The Morgan fingerprint density at radius 3 is 2.81 bits per heavy atom. The minimum Gasteiger partial charge on any atom is -0.478 e. The summed E-state index contributed by atoms with van der Waals surface area (Å²) in [6.45, 7) is 0. The second-order valence-corrected chi connectivity index (χ2v) is 5.23. The van der Waals surface area contributed by atoms with E-state index in [0.29, 0.717) is 5.56 Å². The van der Waals surface area contributed by atoms with Crippen molar-refractivity contribution in [2.24, 2.45) is 0 Å². The predicted octanol–water partition coefficient (Wildman–Crippen LogP) is 3.13. The summed E-state index contributed by atoms with van der Waals surface area (Å²) in [5.74, 6) is -0.0953. The van der Waals surface area contributed by atoms with Crippen molar-refractivity contribution in [2.75, 3.05) is 0 Å². The summed E-state index contributed by atoms with van der Waals surface area (Å²) in [7, 11) is 0. The highest BCUT2D eigenvalue weighted by atomic mass is 32.2. The lowest BCUT2D eigenvalue weighted by atomic mass is 10.3. The zero-order valence-electron chi connectivity index (χ0n) is 8.29. The number of carboxylic acid groups (broad SMARTS) is 1. The molecule has 0 aliphatic rings. The van der Waals surface area contributed by atoms with E-state index in [1.165, 1.54) is 11.3 Å². The van der Waals surface area contributed by atoms with Crippen LogP contribution in [-0.4, -0.2) is 16.1 Å². The molecule has 3 nitrogen and oxygen atoms in total. The fourth-order valence-corrected chi connectivity index (χ4v) is 3.22. The van der Waals surface area contributed by atoms with E-state index in [2.05, 4.69) is 4.98 Å². The second kappa shape index (κ2) is 5.14. The Morgan fingerprint density at radius 1 is 1.38 bits per heavy atom. The number of aromatic nitrogens is 1. The van der Waals surface area contributed by atoms with Gasteiger partial charge in [-0.2, -0.15) is 0 Å². The molecule has 0 atom stereocenters. The van der Waals surface area contributed by atoms with Gasteiger partial charge in [-0.15, -0.1) is 23.1 Å². The Bertz CT molecular complexity index is 482. The topological polar surface area (TPSA) is 50.2 Å². The molecule has 0 aromatic carbocycles. The number of nitrogens with zero attached hydrogens (tertiary/aromatic N) is 1. The average Bonchev–Trinajstić information content (AvgIpc) is 2.76. The number of carbonyl (C=O) groups is 1. The first kappa shape index (κ1) is 11.2. The number of carboxylic acids is 1. The maximum Gasteiger partial charge on any atom is 0.337 e. The lowest BCUT2D eigenvalue weighted by Crippen LogP contribution is -1.94. The molecule has 82 valence electrons. The van der Waals surface area contributed by atoms with Gasteiger partial charge in [-0.25, -0.2) is 4.79 Å². The van der Waals surface area contributed by atoms with Crippen LogP contribution in [0.3, 0.4) is 0 Å². The highest BCUT2D eigenvalue weighted by molar-refractivity contribution is 8.00. The van der Waals surface area contributed by atoms with Crippen LogP contribution < -0.4 is 0 Å². The van der Waals surface area contributed by atoms with Gasteiger partial charge in [-0.05, 0) is 29.1 Å². The van der Waals surface area contributed by atoms with Crippen LogP contribution in [0.2, 0.25) is 0 Å². The highest BCUT2D eigenvalue weighted by Gasteiger charge is 2.11. The van der Waals surface area contributed by atoms with E-state index in [1.807, 2.05) is 12.1 Å². The van der Waals surface area contributed by atoms with Crippen molar-refractivity contribution in [1.29, 1.82) is 0 Å². The van der Waals surface area contributed by atoms with Gasteiger partial charge in [0.05, 0.1) is 9.77 Å². The van der Waals surface area contributed by atoms with Gasteiger partial charge >= 0.3 is 5.97 Å². The molecular formula is C11H9NO2S2. The molecule has 5 heteroatoms. The summed E-state index contributed by atoms with van der Waals surface area (Å²) < 4.78 is 0.851. The normalized spacial score (nSPS) is 10.2. The molecule has 0 saturated carbocycles. The third-order valence-electron chi connectivity index (χ3n) is 1.98. The van der Waals surface area contributed by atoms with Crippen molar-refractivity contribution in [3.05, 3.63) is 47.1 Å². The molecule has 0 aliphatic heterocycles. The first-order valence-electron chi connectivity index (χ1n) is 4.60. The maximum atomic E-state index is 10.9. The standard InChI is InChI=1S/C11H9NO2S2/c13-10(14)9-3-6-15-11(9)16-7-8-1-4-12-5-2-8/h1-6H,7H2,(H,13,14). The molecule has 2 rings (SSSR count). The first-order chi connectivity index (χ1) is 7.77. The van der Waals surface area contributed by atoms with Gasteiger partial charge < -0.3 is 5.11 Å². The Labute approximate surface area is 101 Å². The lowest BCUT2D eigenvalue weighted by Gasteiger charge is -2.00. The van der Waals surface area contributed by atoms with Crippen molar-refractivity contribution >= 4 is 29.1 Å². The van der Waals surface area contributed by atoms with E-state index in [0.717, 1.165) is 15.5 Å². The zero-order valence-corrected chi connectivity index (χ0v) is 9.92. The molecule has 0 bridgehead atoms. The summed E-state index contributed by atoms with van der Waals surface area (Å²) in [4.78, 5) is 14.8. The summed E-state index contributed by atoms with van der Waals surface area (Å²) >= 11 is 3.01. The Kier molecular flexibility index (Phi) is 3.58. The Morgan fingerprint density at radius 2 is 2.12 bits per heavy atom. The van der Waals surface area contributed by atoms with Crippen LogP contribution in [0, 0.1) is 0 Å². The molecule has 2 heterocycles. The van der Waals surface area contributed by atoms with Crippen LogP contribution in [0.25, 0.3) is 0 Å². The van der Waals surface area contributed by atoms with E-state index in [4.69, 9.17) is 5.11 Å². The molecule has 0 spiro atoms. The van der Waals surface area contributed by atoms with Gasteiger partial charge in [0.15, 0.2) is 0 Å². The number of thioether (sulfide) groups is 1. The fourth-order valence-electron chi connectivity index (χ4n) is 1.19. The highest BCUT2D eigenvalue weighted by Crippen LogP contribution is 2.31. The van der Waals surface area contributed by atoms with Crippen molar-refractivity contribution < 1.29 is 9.90 Å². The number of aromatic carboxylic acids is 1. The molecule has 0 radical (unpaired) electrons. The summed E-state index contributed by atoms with van der Waals surface area (Å²) in [5, 5.41) is 10.7. The monoisotopic (exact) mass is 251 g/mol. The summed E-state index contributed by atoms with van der Waals surface area (Å²) in [6, 6.07) is 5.50. The van der Waals surface area contributed by atoms with Crippen molar-refractivity contribution in [3.8, 4) is 0 Å². The lowest BCUT2D eigenvalue weighted by molar-refractivity contribution is 0.0694. The van der Waals surface area contributed by atoms with Gasteiger partial charge in [-0.1, -0.05) is 0 Å². The molecule has 1 N–H and O–H groups in total. The molecule has 0 saturated heterocycles. The molecule has 2 aromatic rings. The molecule has 16 heavy (non-hydrogen) atoms. The minimum atomic E-state index is -0.863. The van der Waals surface area contributed by atoms with Crippen molar-refractivity contribution in [2.45, 2.75) is 9.96 Å². The fraction of sp³-hybridized carbons (Fsp3) is 0.0909. The van der Waals surface area contributed by atoms with Crippen LogP contribution in [0.5, 0.6) is 0 Å². The number of pyridine rings is 1. The number of hydrogen-bond donors (Lipinski definition) is 1. The number of rotatable bonds is 4. The minimum absolute atomic E-state index is 0.393. The van der Waals surface area contributed by atoms with E-state index in [-0.39, 0.29) is 0 Å². The first-order valence-corrected chi connectivity index (χ1v) is 6.46. The third-order valence-corrected chi connectivity index (χ3v) is 4.29. The smallest absolute Gasteiger partial charge is 0.337 e. The second-order valence-electron chi connectivity index (χ2n) is 3.07. The number of hydrogen-bond acceptors (Lipinski definition) is 4. The van der Waals surface area contributed by atoms with E-state index in [1.54, 1.807) is 35.6 Å². The average molecular weight is 251 g/mol. The SMILES string of the molecule is O=C(O)c1ccsc1SCc1ccncc1. The van der Waals surface area contributed by atoms with Crippen LogP contribution in [0.15, 0.2) is 40.2 Å². The van der Waals surface area contributed by atoms with Gasteiger partial charge in [0, 0.05) is 18.1 Å². The molecule has 0 unspecified atom stereocenters. The largest absolute Gasteiger partial charge is 0.478 e. The van der Waals surface area contributed by atoms with E-state index < -0.39 is 5.97 Å². The predicted molar refractivity (Wildman–Crippen MR) is 65.1 cm³/mol. The van der Waals surface area contributed by atoms with Gasteiger partial charge in [0.2, 0.25) is 0 Å². The third kappa shape index (κ3) is 2.62. The summed E-state index contributed by atoms with van der Waals surface area (Å²) in [5.41, 5.74) is 1.54.